The number of hydrogen-bond donors (Lipinski definition) is 1. The van der Waals surface area contributed by atoms with Crippen molar-refractivity contribution in [1.82, 2.24) is 10.2 Å². The van der Waals surface area contributed by atoms with Gasteiger partial charge < -0.3 is 14.8 Å². The van der Waals surface area contributed by atoms with Crippen LogP contribution in [-0.2, 0) is 11.3 Å². The van der Waals surface area contributed by atoms with Crippen molar-refractivity contribution in [2.24, 2.45) is 0 Å². The van der Waals surface area contributed by atoms with Crippen LogP contribution in [0.3, 0.4) is 0 Å². The Kier molecular flexibility index (Phi) is 4.71. The molecule has 3 rings (SSSR count). The van der Waals surface area contributed by atoms with Gasteiger partial charge in [-0.1, -0.05) is 6.07 Å². The van der Waals surface area contributed by atoms with Crippen LogP contribution in [0.1, 0.15) is 38.2 Å². The van der Waals surface area contributed by atoms with E-state index in [-0.39, 0.29) is 18.1 Å². The van der Waals surface area contributed by atoms with E-state index < -0.39 is 0 Å². The van der Waals surface area contributed by atoms with Crippen LogP contribution in [0.5, 0.6) is 11.5 Å². The van der Waals surface area contributed by atoms with E-state index in [1.807, 2.05) is 25.1 Å². The number of ether oxygens (including phenoxy) is 2. The van der Waals surface area contributed by atoms with Crippen LogP contribution >= 0.6 is 12.2 Å². The van der Waals surface area contributed by atoms with Gasteiger partial charge in [-0.25, -0.2) is 0 Å². The summed E-state index contributed by atoms with van der Waals surface area (Å²) in [5, 5.41) is 3.46. The van der Waals surface area contributed by atoms with Crippen molar-refractivity contribution in [1.29, 1.82) is 0 Å². The number of benzene rings is 1. The molecule has 2 aliphatic rings. The Bertz CT molecular complexity index is 614. The molecular formula is C17H22N2O3S. The normalized spacial score (nSPS) is 21.7. The first-order valence-electron chi connectivity index (χ1n) is 8.04. The molecule has 6 heteroatoms. The summed E-state index contributed by atoms with van der Waals surface area (Å²) in [5.41, 5.74) is 0.965. The fraction of sp³-hybridized carbons (Fsp3) is 0.529. The quantitative estimate of drug-likeness (QED) is 0.839. The molecule has 124 valence electrons. The van der Waals surface area contributed by atoms with Crippen molar-refractivity contribution < 1.29 is 14.3 Å². The number of carbonyl (C=O) groups excluding carboxylic acids is 1. The molecular weight excluding hydrogens is 312 g/mol. The number of nitrogens with zero attached hydrogens (tertiary/aromatic N) is 1. The molecule has 2 fully saturated rings. The van der Waals surface area contributed by atoms with Gasteiger partial charge in [-0.15, -0.1) is 0 Å². The molecule has 1 amide bonds. The predicted molar refractivity (Wildman–Crippen MR) is 91.6 cm³/mol. The first-order valence-corrected chi connectivity index (χ1v) is 8.44. The van der Waals surface area contributed by atoms with E-state index in [1.54, 1.807) is 12.0 Å². The zero-order chi connectivity index (χ0) is 16.4. The number of amides is 1. The molecule has 5 nitrogen and oxygen atoms in total. The average molecular weight is 334 g/mol. The Labute approximate surface area is 141 Å². The smallest absolute Gasteiger partial charge is 0.251 e. The van der Waals surface area contributed by atoms with Crippen molar-refractivity contribution in [3.05, 3.63) is 23.8 Å². The van der Waals surface area contributed by atoms with Gasteiger partial charge >= 0.3 is 0 Å². The summed E-state index contributed by atoms with van der Waals surface area (Å²) in [6.07, 6.45) is 4.94. The zero-order valence-corrected chi connectivity index (χ0v) is 14.3. The molecule has 23 heavy (non-hydrogen) atoms. The van der Waals surface area contributed by atoms with Gasteiger partial charge in [0.2, 0.25) is 0 Å². The third-order valence-corrected chi connectivity index (χ3v) is 4.72. The fourth-order valence-electron chi connectivity index (χ4n) is 3.08. The van der Waals surface area contributed by atoms with Gasteiger partial charge in [0, 0.05) is 0 Å². The summed E-state index contributed by atoms with van der Waals surface area (Å²) >= 11 is 5.21. The van der Waals surface area contributed by atoms with Crippen LogP contribution < -0.4 is 14.8 Å². The number of rotatable bonds is 5. The van der Waals surface area contributed by atoms with Crippen molar-refractivity contribution in [3.8, 4) is 11.5 Å². The highest BCUT2D eigenvalue weighted by Gasteiger charge is 2.32. The minimum Gasteiger partial charge on any atom is -0.493 e. The maximum Gasteiger partial charge on any atom is 0.251 e. The summed E-state index contributed by atoms with van der Waals surface area (Å²) in [7, 11) is 1.63. The SMILES string of the molecule is COc1cc(CN2C(=O)[C@@H](C)NC2=S)ccc1OC1CCCC1. The monoisotopic (exact) mass is 334 g/mol. The third kappa shape index (κ3) is 3.42. The second kappa shape index (κ2) is 6.74. The highest BCUT2D eigenvalue weighted by molar-refractivity contribution is 7.80. The summed E-state index contributed by atoms with van der Waals surface area (Å²) in [6, 6.07) is 5.55. The van der Waals surface area contributed by atoms with Crippen LogP contribution in [0.2, 0.25) is 0 Å². The van der Waals surface area contributed by atoms with E-state index >= 15 is 0 Å². The topological polar surface area (TPSA) is 50.8 Å². The number of hydrogen-bond acceptors (Lipinski definition) is 4. The molecule has 1 saturated carbocycles. The Hall–Kier alpha value is -1.82. The summed E-state index contributed by atoms with van der Waals surface area (Å²) in [5.74, 6) is 1.47. The van der Waals surface area contributed by atoms with Crippen LogP contribution in [0.25, 0.3) is 0 Å². The van der Waals surface area contributed by atoms with Crippen LogP contribution in [-0.4, -0.2) is 35.2 Å². The van der Waals surface area contributed by atoms with Gasteiger partial charge in [0.15, 0.2) is 16.6 Å². The van der Waals surface area contributed by atoms with Gasteiger partial charge in [-0.3, -0.25) is 9.69 Å². The van der Waals surface area contributed by atoms with E-state index in [2.05, 4.69) is 5.32 Å². The lowest BCUT2D eigenvalue weighted by molar-refractivity contribution is -0.127. The molecule has 1 aromatic carbocycles. The van der Waals surface area contributed by atoms with E-state index in [9.17, 15) is 4.79 Å². The van der Waals surface area contributed by atoms with Crippen molar-refractivity contribution >= 4 is 23.2 Å². The molecule has 0 aromatic heterocycles. The Balaban J connectivity index is 1.73. The lowest BCUT2D eigenvalue weighted by atomic mass is 10.2. The number of nitrogens with one attached hydrogen (secondary N) is 1. The standard InChI is InChI=1S/C17H22N2O3S/c1-11-16(20)19(17(23)18-11)10-12-7-8-14(15(9-12)21-2)22-13-5-3-4-6-13/h7-9,11,13H,3-6,10H2,1-2H3,(H,18,23)/t11-/m1/s1. The highest BCUT2D eigenvalue weighted by Crippen LogP contribution is 2.32. The van der Waals surface area contributed by atoms with Crippen molar-refractivity contribution in [3.63, 3.8) is 0 Å². The molecule has 0 radical (unpaired) electrons. The van der Waals surface area contributed by atoms with E-state index in [0.29, 0.717) is 17.4 Å². The van der Waals surface area contributed by atoms with Gasteiger partial charge in [0.05, 0.1) is 19.8 Å². The fourth-order valence-corrected chi connectivity index (χ4v) is 3.42. The maximum atomic E-state index is 12.1. The summed E-state index contributed by atoms with van der Waals surface area (Å²) in [6.45, 7) is 2.25. The van der Waals surface area contributed by atoms with Gasteiger partial charge in [-0.05, 0) is 62.5 Å². The Morgan fingerprint density at radius 3 is 2.65 bits per heavy atom. The lowest BCUT2D eigenvalue weighted by Crippen LogP contribution is -2.30. The van der Waals surface area contributed by atoms with Crippen molar-refractivity contribution in [2.45, 2.75) is 51.3 Å². The zero-order valence-electron chi connectivity index (χ0n) is 13.5. The molecule has 1 N–H and O–H groups in total. The van der Waals surface area contributed by atoms with E-state index in [0.717, 1.165) is 24.2 Å². The van der Waals surface area contributed by atoms with Crippen LogP contribution in [0, 0.1) is 0 Å². The number of carbonyl (C=O) groups is 1. The van der Waals surface area contributed by atoms with Gasteiger partial charge in [-0.2, -0.15) is 0 Å². The maximum absolute atomic E-state index is 12.1. The first kappa shape index (κ1) is 16.1. The van der Waals surface area contributed by atoms with Crippen LogP contribution in [0.15, 0.2) is 18.2 Å². The number of methoxy groups -OCH3 is 1. The molecule has 1 aliphatic heterocycles. The first-order chi connectivity index (χ1) is 11.1. The molecule has 1 atom stereocenters. The average Bonchev–Trinajstić information content (AvgIpc) is 3.13. The molecule has 0 bridgehead atoms. The highest BCUT2D eigenvalue weighted by atomic mass is 32.1. The van der Waals surface area contributed by atoms with Gasteiger partial charge in [0.1, 0.15) is 6.04 Å². The van der Waals surface area contributed by atoms with Gasteiger partial charge in [0.25, 0.3) is 5.91 Å². The molecule has 1 aromatic rings. The summed E-state index contributed by atoms with van der Waals surface area (Å²) < 4.78 is 11.5. The third-order valence-electron chi connectivity index (χ3n) is 4.39. The largest absolute Gasteiger partial charge is 0.493 e. The molecule has 0 spiro atoms. The lowest BCUT2D eigenvalue weighted by Gasteiger charge is -2.18. The second-order valence-electron chi connectivity index (χ2n) is 6.11. The van der Waals surface area contributed by atoms with E-state index in [1.165, 1.54) is 12.8 Å². The Morgan fingerprint density at radius 2 is 2.04 bits per heavy atom. The predicted octanol–water partition coefficient (Wildman–Crippen LogP) is 2.62. The minimum atomic E-state index is -0.255. The van der Waals surface area contributed by atoms with Crippen LogP contribution in [0.4, 0.5) is 0 Å². The number of thiocarbonyl (C=S) groups is 1. The molecule has 0 unspecified atom stereocenters. The molecule has 1 heterocycles. The van der Waals surface area contributed by atoms with Crippen molar-refractivity contribution in [2.75, 3.05) is 7.11 Å². The minimum absolute atomic E-state index is 0.000231. The Morgan fingerprint density at radius 1 is 1.30 bits per heavy atom. The van der Waals surface area contributed by atoms with E-state index in [4.69, 9.17) is 21.7 Å². The summed E-state index contributed by atoms with van der Waals surface area (Å²) in [4.78, 5) is 13.7. The second-order valence-corrected chi connectivity index (χ2v) is 6.49. The molecule has 1 saturated heterocycles. The molecule has 1 aliphatic carbocycles.